The lowest BCUT2D eigenvalue weighted by molar-refractivity contribution is 1.23. The molecule has 19 heavy (non-hydrogen) atoms. The molecule has 2 aromatic rings. The van der Waals surface area contributed by atoms with Crippen LogP contribution in [-0.4, -0.2) is 11.2 Å². The van der Waals surface area contributed by atoms with Crippen LogP contribution in [0.3, 0.4) is 0 Å². The lowest BCUT2D eigenvalue weighted by Crippen LogP contribution is -1.95. The van der Waals surface area contributed by atoms with E-state index in [4.69, 9.17) is 34.8 Å². The first kappa shape index (κ1) is 14.6. The summed E-state index contributed by atoms with van der Waals surface area (Å²) in [7, 11) is 0. The van der Waals surface area contributed by atoms with Gasteiger partial charge in [0.2, 0.25) is 0 Å². The minimum Gasteiger partial charge on any atom is -0.260 e. The smallest absolute Gasteiger partial charge is 0.166 e. The molecule has 98 valence electrons. The van der Waals surface area contributed by atoms with E-state index in [1.54, 1.807) is 6.21 Å². The molecule has 0 spiro atoms. The maximum atomic E-state index is 5.96. The second-order valence-electron chi connectivity index (χ2n) is 3.51. The topological polar surface area (TPSA) is 37.3 Å². The molecule has 0 saturated heterocycles. The van der Waals surface area contributed by atoms with Gasteiger partial charge in [0.15, 0.2) is 5.82 Å². The molecule has 7 heteroatoms. The zero-order valence-corrected chi connectivity index (χ0v) is 13.2. The third-order valence-electron chi connectivity index (χ3n) is 2.14. The summed E-state index contributed by atoms with van der Waals surface area (Å²) in [6.45, 7) is 0. The van der Waals surface area contributed by atoms with Gasteiger partial charge in [-0.05, 0) is 23.8 Å². The Morgan fingerprint density at radius 3 is 2.47 bits per heavy atom. The quantitative estimate of drug-likeness (QED) is 0.449. The summed E-state index contributed by atoms with van der Waals surface area (Å²) in [4.78, 5) is 3.99. The Morgan fingerprint density at radius 1 is 1.11 bits per heavy atom. The first-order chi connectivity index (χ1) is 9.06. The fourth-order valence-electron chi connectivity index (χ4n) is 1.24. The van der Waals surface area contributed by atoms with Crippen molar-refractivity contribution in [1.82, 2.24) is 4.98 Å². The zero-order valence-electron chi connectivity index (χ0n) is 9.37. The van der Waals surface area contributed by atoms with E-state index in [-0.39, 0.29) is 5.15 Å². The van der Waals surface area contributed by atoms with E-state index in [1.165, 1.54) is 6.07 Å². The van der Waals surface area contributed by atoms with Crippen LogP contribution in [0.15, 0.2) is 39.9 Å². The molecule has 2 rings (SSSR count). The van der Waals surface area contributed by atoms with Crippen LogP contribution < -0.4 is 5.43 Å². The van der Waals surface area contributed by atoms with Crippen LogP contribution >= 0.6 is 50.7 Å². The molecule has 0 saturated carbocycles. The number of halogens is 4. The summed E-state index contributed by atoms with van der Waals surface area (Å²) in [5.41, 5.74) is 3.65. The van der Waals surface area contributed by atoms with Crippen molar-refractivity contribution in [2.45, 2.75) is 0 Å². The van der Waals surface area contributed by atoms with Gasteiger partial charge in [-0.25, -0.2) is 4.98 Å². The molecule has 0 aliphatic rings. The molecule has 0 aliphatic heterocycles. The van der Waals surface area contributed by atoms with Gasteiger partial charge in [0.1, 0.15) is 5.15 Å². The number of hydrogen-bond donors (Lipinski definition) is 1. The lowest BCUT2D eigenvalue weighted by Gasteiger charge is -2.03. The summed E-state index contributed by atoms with van der Waals surface area (Å²) in [6.07, 6.45) is 1.65. The molecule has 1 aromatic carbocycles. The Bertz CT molecular complexity index is 614. The Morgan fingerprint density at radius 2 is 1.79 bits per heavy atom. The van der Waals surface area contributed by atoms with Gasteiger partial charge >= 0.3 is 0 Å². The van der Waals surface area contributed by atoms with Crippen LogP contribution in [0.5, 0.6) is 0 Å². The molecule has 3 nitrogen and oxygen atoms in total. The molecular weight excluding hydrogens is 372 g/mol. The van der Waals surface area contributed by atoms with Crippen molar-refractivity contribution in [3.63, 3.8) is 0 Å². The van der Waals surface area contributed by atoms with E-state index in [1.807, 2.05) is 24.3 Å². The van der Waals surface area contributed by atoms with E-state index < -0.39 is 0 Å². The minimum absolute atomic E-state index is 0.174. The standard InChI is InChI=1S/C12H7BrCl3N3/c13-8-3-1-7(2-4-8)6-17-19-12-10(15)5-9(14)11(16)18-12/h1-6H,(H,18,19). The van der Waals surface area contributed by atoms with Crippen LogP contribution in [0.4, 0.5) is 5.82 Å². The summed E-state index contributed by atoms with van der Waals surface area (Å²) in [5.74, 6) is 0.351. The predicted octanol–water partition coefficient (Wildman–Crippen LogP) is 5.25. The molecule has 0 atom stereocenters. The van der Waals surface area contributed by atoms with Crippen molar-refractivity contribution in [3.05, 3.63) is 55.6 Å². The SMILES string of the molecule is Clc1cc(Cl)c(NN=Cc2ccc(Br)cc2)nc1Cl. The highest BCUT2D eigenvalue weighted by Gasteiger charge is 2.06. The molecule has 0 radical (unpaired) electrons. The van der Waals surface area contributed by atoms with Gasteiger partial charge in [-0.15, -0.1) is 0 Å². The molecule has 1 aromatic heterocycles. The average molecular weight is 379 g/mol. The first-order valence-corrected chi connectivity index (χ1v) is 7.05. The number of benzene rings is 1. The van der Waals surface area contributed by atoms with E-state index in [0.29, 0.717) is 15.9 Å². The van der Waals surface area contributed by atoms with Crippen molar-refractivity contribution >= 4 is 62.8 Å². The highest BCUT2D eigenvalue weighted by atomic mass is 79.9. The Balaban J connectivity index is 2.10. The normalized spacial score (nSPS) is 10.9. The number of anilines is 1. The maximum absolute atomic E-state index is 5.96. The number of rotatable bonds is 3. The van der Waals surface area contributed by atoms with E-state index in [2.05, 4.69) is 31.4 Å². The number of hydrogen-bond acceptors (Lipinski definition) is 3. The van der Waals surface area contributed by atoms with Crippen LogP contribution in [0.25, 0.3) is 0 Å². The van der Waals surface area contributed by atoms with Gasteiger partial charge in [-0.2, -0.15) is 5.10 Å². The summed E-state index contributed by atoms with van der Waals surface area (Å²) in [6, 6.07) is 9.19. The number of nitrogens with one attached hydrogen (secondary N) is 1. The van der Waals surface area contributed by atoms with Crippen LogP contribution in [0.2, 0.25) is 15.2 Å². The monoisotopic (exact) mass is 377 g/mol. The van der Waals surface area contributed by atoms with Crippen molar-refractivity contribution < 1.29 is 0 Å². The first-order valence-electron chi connectivity index (χ1n) is 5.12. The maximum Gasteiger partial charge on any atom is 0.166 e. The lowest BCUT2D eigenvalue weighted by atomic mass is 10.2. The van der Waals surface area contributed by atoms with E-state index >= 15 is 0 Å². The highest BCUT2D eigenvalue weighted by molar-refractivity contribution is 9.10. The van der Waals surface area contributed by atoms with E-state index in [9.17, 15) is 0 Å². The van der Waals surface area contributed by atoms with Gasteiger partial charge < -0.3 is 0 Å². The average Bonchev–Trinajstić information content (AvgIpc) is 2.38. The zero-order chi connectivity index (χ0) is 13.8. The highest BCUT2D eigenvalue weighted by Crippen LogP contribution is 2.28. The van der Waals surface area contributed by atoms with Crippen LogP contribution in [0, 0.1) is 0 Å². The second kappa shape index (κ2) is 6.57. The van der Waals surface area contributed by atoms with Crippen molar-refractivity contribution in [3.8, 4) is 0 Å². The van der Waals surface area contributed by atoms with Gasteiger partial charge in [0, 0.05) is 4.47 Å². The number of hydrazone groups is 1. The Hall–Kier alpha value is -0.810. The fourth-order valence-corrected chi connectivity index (χ4v) is 2.04. The summed E-state index contributed by atoms with van der Waals surface area (Å²) >= 11 is 20.9. The second-order valence-corrected chi connectivity index (χ2v) is 5.60. The van der Waals surface area contributed by atoms with Gasteiger partial charge in [0.05, 0.1) is 16.3 Å². The van der Waals surface area contributed by atoms with Gasteiger partial charge in [0.25, 0.3) is 0 Å². The number of pyridine rings is 1. The fraction of sp³-hybridized carbons (Fsp3) is 0. The molecule has 1 N–H and O–H groups in total. The third kappa shape index (κ3) is 4.08. The molecule has 0 fully saturated rings. The molecule has 0 amide bonds. The van der Waals surface area contributed by atoms with Crippen molar-refractivity contribution in [1.29, 1.82) is 0 Å². The van der Waals surface area contributed by atoms with Crippen molar-refractivity contribution in [2.75, 3.05) is 5.43 Å². The molecule has 1 heterocycles. The number of nitrogens with zero attached hydrogens (tertiary/aromatic N) is 2. The minimum atomic E-state index is 0.174. The van der Waals surface area contributed by atoms with Crippen LogP contribution in [0.1, 0.15) is 5.56 Å². The Labute approximate surface area is 133 Å². The molecular formula is C12H7BrCl3N3. The van der Waals surface area contributed by atoms with Crippen molar-refractivity contribution in [2.24, 2.45) is 5.10 Å². The molecule has 0 unspecified atom stereocenters. The van der Waals surface area contributed by atoms with Gasteiger partial charge in [-0.1, -0.05) is 62.9 Å². The number of aromatic nitrogens is 1. The largest absolute Gasteiger partial charge is 0.260 e. The summed E-state index contributed by atoms with van der Waals surface area (Å²) in [5, 5.41) is 4.86. The van der Waals surface area contributed by atoms with Crippen LogP contribution in [-0.2, 0) is 0 Å². The van der Waals surface area contributed by atoms with E-state index in [0.717, 1.165) is 10.0 Å². The predicted molar refractivity (Wildman–Crippen MR) is 84.6 cm³/mol. The Kier molecular flexibility index (Phi) is 5.05. The van der Waals surface area contributed by atoms with Gasteiger partial charge in [-0.3, -0.25) is 5.43 Å². The summed E-state index contributed by atoms with van der Waals surface area (Å²) < 4.78 is 1.01. The molecule has 0 bridgehead atoms. The third-order valence-corrected chi connectivity index (χ3v) is 3.63. The molecule has 0 aliphatic carbocycles.